The minimum atomic E-state index is -0.0805. The number of thiophene rings is 1. The van der Waals surface area contributed by atoms with Crippen LogP contribution in [0.15, 0.2) is 59.0 Å². The standard InChI is InChI=1S/C27H30N4OS/c1-2-3-4-5-6-7-11-19-16-23(33-18-19)25-24-21(17-31(25)27-28-14-10-15-29-27)26(32)20-12-8-9-13-22(20)30-24/h8-10,12-16,18,25H,2-7,11,17H2,1H3,(H,30,32). The summed E-state index contributed by atoms with van der Waals surface area (Å²) in [4.78, 5) is 29.3. The predicted octanol–water partition coefficient (Wildman–Crippen LogP) is 6.39. The molecule has 1 aliphatic rings. The fourth-order valence-corrected chi connectivity index (χ4v) is 5.87. The summed E-state index contributed by atoms with van der Waals surface area (Å²) in [6.45, 7) is 2.77. The molecule has 0 fully saturated rings. The quantitative estimate of drug-likeness (QED) is 0.295. The molecule has 0 aliphatic carbocycles. The Morgan fingerprint density at radius 2 is 1.85 bits per heavy atom. The molecule has 1 N–H and O–H groups in total. The smallest absolute Gasteiger partial charge is 0.226 e. The molecule has 4 heterocycles. The average molecular weight is 459 g/mol. The molecule has 4 aromatic rings. The highest BCUT2D eigenvalue weighted by Gasteiger charge is 2.37. The lowest BCUT2D eigenvalue weighted by molar-refractivity contribution is 0.607. The van der Waals surface area contributed by atoms with Gasteiger partial charge in [-0.15, -0.1) is 11.3 Å². The highest BCUT2D eigenvalue weighted by atomic mass is 32.1. The Morgan fingerprint density at radius 1 is 1.06 bits per heavy atom. The minimum absolute atomic E-state index is 0.0805. The molecule has 0 amide bonds. The summed E-state index contributed by atoms with van der Waals surface area (Å²) in [5, 5.41) is 3.02. The van der Waals surface area contributed by atoms with Gasteiger partial charge in [-0.2, -0.15) is 0 Å². The van der Waals surface area contributed by atoms with Gasteiger partial charge in [-0.3, -0.25) is 4.79 Å². The normalized spacial score (nSPS) is 15.3. The maximum Gasteiger partial charge on any atom is 0.226 e. The first kappa shape index (κ1) is 21.8. The van der Waals surface area contributed by atoms with E-state index in [1.165, 1.54) is 49.0 Å². The van der Waals surface area contributed by atoms with Crippen molar-refractivity contribution in [2.75, 3.05) is 4.90 Å². The number of H-pyrrole nitrogens is 1. The van der Waals surface area contributed by atoms with Crippen molar-refractivity contribution in [1.82, 2.24) is 15.0 Å². The summed E-state index contributed by atoms with van der Waals surface area (Å²) in [6, 6.07) is 11.8. The largest absolute Gasteiger partial charge is 0.356 e. The molecule has 170 valence electrons. The fourth-order valence-electron chi connectivity index (χ4n) is 4.80. The van der Waals surface area contributed by atoms with Crippen molar-refractivity contribution in [3.8, 4) is 0 Å². The van der Waals surface area contributed by atoms with Gasteiger partial charge in [0.15, 0.2) is 5.43 Å². The van der Waals surface area contributed by atoms with Crippen LogP contribution in [-0.4, -0.2) is 15.0 Å². The zero-order valence-electron chi connectivity index (χ0n) is 19.1. The predicted molar refractivity (Wildman–Crippen MR) is 136 cm³/mol. The van der Waals surface area contributed by atoms with Crippen LogP contribution in [0.2, 0.25) is 0 Å². The third kappa shape index (κ3) is 4.44. The number of pyridine rings is 1. The van der Waals surface area contributed by atoms with Gasteiger partial charge in [-0.1, -0.05) is 51.2 Å². The summed E-state index contributed by atoms with van der Waals surface area (Å²) in [6.07, 6.45) is 12.5. The number of unbranched alkanes of at least 4 members (excludes halogenated alkanes) is 5. The number of rotatable bonds is 9. The Labute approximate surface area is 198 Å². The molecule has 33 heavy (non-hydrogen) atoms. The first-order valence-electron chi connectivity index (χ1n) is 12.0. The molecule has 1 aromatic carbocycles. The molecule has 1 aliphatic heterocycles. The van der Waals surface area contributed by atoms with Crippen LogP contribution in [0.5, 0.6) is 0 Å². The number of nitrogens with zero attached hydrogens (tertiary/aromatic N) is 3. The van der Waals surface area contributed by atoms with E-state index in [1.807, 2.05) is 30.3 Å². The van der Waals surface area contributed by atoms with Crippen molar-refractivity contribution >= 4 is 28.2 Å². The van der Waals surface area contributed by atoms with Gasteiger partial charge in [-0.25, -0.2) is 9.97 Å². The molecule has 5 rings (SSSR count). The Bertz CT molecular complexity index is 1280. The summed E-state index contributed by atoms with van der Waals surface area (Å²) in [5.41, 5.74) is 4.16. The number of hydrogen-bond donors (Lipinski definition) is 1. The number of aromatic nitrogens is 3. The maximum atomic E-state index is 13.3. The highest BCUT2D eigenvalue weighted by molar-refractivity contribution is 7.10. The van der Waals surface area contributed by atoms with Crippen LogP contribution in [0.4, 0.5) is 5.95 Å². The lowest BCUT2D eigenvalue weighted by Gasteiger charge is -2.24. The van der Waals surface area contributed by atoms with Gasteiger partial charge in [0.2, 0.25) is 5.95 Å². The van der Waals surface area contributed by atoms with Crippen molar-refractivity contribution < 1.29 is 0 Å². The molecule has 5 nitrogen and oxygen atoms in total. The highest BCUT2D eigenvalue weighted by Crippen LogP contribution is 2.41. The lowest BCUT2D eigenvalue weighted by atomic mass is 10.0. The number of aromatic amines is 1. The van der Waals surface area contributed by atoms with Gasteiger partial charge in [0, 0.05) is 33.7 Å². The number of benzene rings is 1. The summed E-state index contributed by atoms with van der Waals surface area (Å²) in [5.74, 6) is 0.654. The van der Waals surface area contributed by atoms with Gasteiger partial charge < -0.3 is 9.88 Å². The van der Waals surface area contributed by atoms with E-state index in [0.29, 0.717) is 12.5 Å². The minimum Gasteiger partial charge on any atom is -0.356 e. The molecule has 1 unspecified atom stereocenters. The van der Waals surface area contributed by atoms with Crippen LogP contribution >= 0.6 is 11.3 Å². The number of para-hydroxylation sites is 1. The third-order valence-electron chi connectivity index (χ3n) is 6.53. The molecular weight excluding hydrogens is 428 g/mol. The SMILES string of the molecule is CCCCCCCCc1csc(C2c3[nH]c4ccccc4c(=O)c3CN2c2ncccn2)c1. The van der Waals surface area contributed by atoms with Crippen molar-refractivity contribution in [1.29, 1.82) is 0 Å². The number of nitrogens with one attached hydrogen (secondary N) is 1. The van der Waals surface area contributed by atoms with E-state index in [9.17, 15) is 4.79 Å². The summed E-state index contributed by atoms with van der Waals surface area (Å²) in [7, 11) is 0. The summed E-state index contributed by atoms with van der Waals surface area (Å²) >= 11 is 1.77. The van der Waals surface area contributed by atoms with Crippen LogP contribution < -0.4 is 10.3 Å². The zero-order valence-corrected chi connectivity index (χ0v) is 19.9. The second-order valence-electron chi connectivity index (χ2n) is 8.85. The van der Waals surface area contributed by atoms with E-state index in [-0.39, 0.29) is 11.5 Å². The Balaban J connectivity index is 1.46. The summed E-state index contributed by atoms with van der Waals surface area (Å²) < 4.78 is 0. The molecule has 0 spiro atoms. The van der Waals surface area contributed by atoms with E-state index in [0.717, 1.165) is 28.6 Å². The number of fused-ring (bicyclic) bond motifs is 2. The van der Waals surface area contributed by atoms with Crippen molar-refractivity contribution in [3.05, 3.63) is 86.1 Å². The van der Waals surface area contributed by atoms with E-state index < -0.39 is 0 Å². The van der Waals surface area contributed by atoms with Crippen LogP contribution in [0.1, 0.15) is 73.2 Å². The monoisotopic (exact) mass is 458 g/mol. The molecule has 6 heteroatoms. The average Bonchev–Trinajstić information content (AvgIpc) is 3.47. The van der Waals surface area contributed by atoms with Gasteiger partial charge in [0.05, 0.1) is 12.2 Å². The van der Waals surface area contributed by atoms with E-state index >= 15 is 0 Å². The molecule has 0 radical (unpaired) electrons. The number of aryl methyl sites for hydroxylation is 1. The number of anilines is 1. The Kier molecular flexibility index (Phi) is 6.53. The van der Waals surface area contributed by atoms with Crippen LogP contribution in [0.3, 0.4) is 0 Å². The second kappa shape index (κ2) is 9.87. The maximum absolute atomic E-state index is 13.3. The molecular formula is C27H30N4OS. The van der Waals surface area contributed by atoms with Gasteiger partial charge in [-0.05, 0) is 48.1 Å². The van der Waals surface area contributed by atoms with E-state index in [2.05, 4.69) is 38.2 Å². The molecule has 0 saturated heterocycles. The molecule has 1 atom stereocenters. The van der Waals surface area contributed by atoms with Gasteiger partial charge in [0.1, 0.15) is 6.04 Å². The zero-order chi connectivity index (χ0) is 22.6. The lowest BCUT2D eigenvalue weighted by Crippen LogP contribution is -2.24. The van der Waals surface area contributed by atoms with Crippen LogP contribution in [0.25, 0.3) is 10.9 Å². The number of hydrogen-bond acceptors (Lipinski definition) is 5. The third-order valence-corrected chi connectivity index (χ3v) is 7.56. The molecule has 0 saturated carbocycles. The van der Waals surface area contributed by atoms with Crippen molar-refractivity contribution in [2.45, 2.75) is 64.5 Å². The molecule has 3 aromatic heterocycles. The van der Waals surface area contributed by atoms with E-state index in [4.69, 9.17) is 0 Å². The fraction of sp³-hybridized carbons (Fsp3) is 0.370. The van der Waals surface area contributed by atoms with E-state index in [1.54, 1.807) is 23.7 Å². The topological polar surface area (TPSA) is 61.9 Å². The second-order valence-corrected chi connectivity index (χ2v) is 9.79. The van der Waals surface area contributed by atoms with Crippen LogP contribution in [0, 0.1) is 0 Å². The Morgan fingerprint density at radius 3 is 2.70 bits per heavy atom. The first-order chi connectivity index (χ1) is 16.3. The van der Waals surface area contributed by atoms with Crippen molar-refractivity contribution in [3.63, 3.8) is 0 Å². The molecule has 0 bridgehead atoms. The van der Waals surface area contributed by atoms with Gasteiger partial charge >= 0.3 is 0 Å². The van der Waals surface area contributed by atoms with Gasteiger partial charge in [0.25, 0.3) is 0 Å². The Hall–Kier alpha value is -2.99. The first-order valence-corrected chi connectivity index (χ1v) is 12.9. The van der Waals surface area contributed by atoms with Crippen LogP contribution in [-0.2, 0) is 13.0 Å². The van der Waals surface area contributed by atoms with Crippen molar-refractivity contribution in [2.24, 2.45) is 0 Å².